The average molecular weight is 271 g/mol. The van der Waals surface area contributed by atoms with Crippen molar-refractivity contribution in [3.63, 3.8) is 0 Å². The van der Waals surface area contributed by atoms with Crippen molar-refractivity contribution >= 4 is 5.91 Å². The van der Waals surface area contributed by atoms with Crippen molar-refractivity contribution in [1.29, 1.82) is 0 Å². The third-order valence-electron chi connectivity index (χ3n) is 3.05. The lowest BCUT2D eigenvalue weighted by molar-refractivity contribution is 0.100. The summed E-state index contributed by atoms with van der Waals surface area (Å²) in [4.78, 5) is 15.2. The van der Waals surface area contributed by atoms with Crippen LogP contribution in [0.2, 0.25) is 0 Å². The van der Waals surface area contributed by atoms with Gasteiger partial charge >= 0.3 is 0 Å². The lowest BCUT2D eigenvalue weighted by atomic mass is 10.1. The Balaban J connectivity index is 2.15. The minimum atomic E-state index is -0.459. The maximum atomic E-state index is 11.0. The van der Waals surface area contributed by atoms with E-state index in [2.05, 4.69) is 17.2 Å². The van der Waals surface area contributed by atoms with Gasteiger partial charge in [-0.25, -0.2) is 4.98 Å². The number of nitrogens with one attached hydrogen (secondary N) is 1. The standard InChI is InChI=1S/C15H17N3O2/c1-10(17-2)12-7-8-18-14(9-12)20-13-5-3-11(4-6-13)15(16)19/h3-10,17H,1-2H3,(H2,16,19). The van der Waals surface area contributed by atoms with Gasteiger partial charge in [-0.3, -0.25) is 4.79 Å². The first-order chi connectivity index (χ1) is 9.60. The van der Waals surface area contributed by atoms with Gasteiger partial charge in [-0.2, -0.15) is 0 Å². The SMILES string of the molecule is CNC(C)c1ccnc(Oc2ccc(C(N)=O)cc2)c1. The van der Waals surface area contributed by atoms with Gasteiger partial charge in [-0.15, -0.1) is 0 Å². The molecule has 1 aromatic carbocycles. The van der Waals surface area contributed by atoms with Gasteiger partial charge in [0.2, 0.25) is 11.8 Å². The Labute approximate surface area is 117 Å². The number of benzene rings is 1. The van der Waals surface area contributed by atoms with E-state index >= 15 is 0 Å². The first-order valence-corrected chi connectivity index (χ1v) is 6.31. The molecule has 1 atom stereocenters. The Morgan fingerprint density at radius 1 is 1.30 bits per heavy atom. The van der Waals surface area contributed by atoms with Crippen molar-refractivity contribution in [2.75, 3.05) is 7.05 Å². The maximum absolute atomic E-state index is 11.0. The van der Waals surface area contributed by atoms with Crippen molar-refractivity contribution in [2.24, 2.45) is 5.73 Å². The highest BCUT2D eigenvalue weighted by Gasteiger charge is 2.06. The number of carbonyl (C=O) groups is 1. The lowest BCUT2D eigenvalue weighted by Gasteiger charge is -2.12. The van der Waals surface area contributed by atoms with Crippen LogP contribution in [0.25, 0.3) is 0 Å². The molecule has 0 aliphatic heterocycles. The molecule has 0 saturated heterocycles. The third-order valence-corrected chi connectivity index (χ3v) is 3.05. The lowest BCUT2D eigenvalue weighted by Crippen LogP contribution is -2.12. The highest BCUT2D eigenvalue weighted by Crippen LogP contribution is 2.22. The number of rotatable bonds is 5. The molecule has 3 N–H and O–H groups in total. The van der Waals surface area contributed by atoms with E-state index in [1.165, 1.54) is 0 Å². The normalized spacial score (nSPS) is 11.9. The molecule has 5 heteroatoms. The third kappa shape index (κ3) is 3.33. The van der Waals surface area contributed by atoms with E-state index in [0.29, 0.717) is 17.2 Å². The largest absolute Gasteiger partial charge is 0.439 e. The van der Waals surface area contributed by atoms with E-state index in [4.69, 9.17) is 10.5 Å². The van der Waals surface area contributed by atoms with E-state index in [1.807, 2.05) is 19.2 Å². The molecule has 1 amide bonds. The topological polar surface area (TPSA) is 77.2 Å². The molecule has 1 aromatic heterocycles. The summed E-state index contributed by atoms with van der Waals surface area (Å²) in [5.41, 5.74) is 6.72. The molecule has 0 aliphatic carbocycles. The molecule has 1 heterocycles. The fraction of sp³-hybridized carbons (Fsp3) is 0.200. The van der Waals surface area contributed by atoms with Gasteiger partial charge in [0.05, 0.1) is 0 Å². The predicted octanol–water partition coefficient (Wildman–Crippen LogP) is 2.25. The second kappa shape index (κ2) is 6.16. The van der Waals surface area contributed by atoms with Crippen LogP contribution in [0.15, 0.2) is 42.6 Å². The fourth-order valence-electron chi connectivity index (χ4n) is 1.72. The highest BCUT2D eigenvalue weighted by atomic mass is 16.5. The second-order valence-electron chi connectivity index (χ2n) is 4.43. The first kappa shape index (κ1) is 14.0. The minimum absolute atomic E-state index is 0.220. The highest BCUT2D eigenvalue weighted by molar-refractivity contribution is 5.92. The molecule has 5 nitrogen and oxygen atoms in total. The molecular formula is C15H17N3O2. The average Bonchev–Trinajstić information content (AvgIpc) is 2.47. The monoisotopic (exact) mass is 271 g/mol. The Hall–Kier alpha value is -2.40. The predicted molar refractivity (Wildman–Crippen MR) is 76.7 cm³/mol. The number of aromatic nitrogens is 1. The number of primary amides is 1. The first-order valence-electron chi connectivity index (χ1n) is 6.31. The van der Waals surface area contributed by atoms with Crippen LogP contribution in [0.1, 0.15) is 28.9 Å². The summed E-state index contributed by atoms with van der Waals surface area (Å²) in [5.74, 6) is 0.660. The molecule has 0 aliphatic rings. The number of hydrogen-bond acceptors (Lipinski definition) is 4. The molecule has 0 radical (unpaired) electrons. The summed E-state index contributed by atoms with van der Waals surface area (Å²) in [7, 11) is 1.90. The number of pyridine rings is 1. The Morgan fingerprint density at radius 2 is 2.00 bits per heavy atom. The summed E-state index contributed by atoms with van der Waals surface area (Å²) in [6.45, 7) is 2.06. The Kier molecular flexibility index (Phi) is 4.32. The van der Waals surface area contributed by atoms with Crippen LogP contribution in [-0.2, 0) is 0 Å². The van der Waals surface area contributed by atoms with Crippen LogP contribution < -0.4 is 15.8 Å². The summed E-state index contributed by atoms with van der Waals surface area (Å²) >= 11 is 0. The van der Waals surface area contributed by atoms with Gasteiger partial charge in [0.25, 0.3) is 0 Å². The molecule has 0 bridgehead atoms. The van der Waals surface area contributed by atoms with Crippen LogP contribution in [0, 0.1) is 0 Å². The van der Waals surface area contributed by atoms with Crippen molar-refractivity contribution in [3.05, 3.63) is 53.7 Å². The van der Waals surface area contributed by atoms with Crippen LogP contribution in [0.4, 0.5) is 0 Å². The maximum Gasteiger partial charge on any atom is 0.248 e. The zero-order valence-corrected chi connectivity index (χ0v) is 11.5. The van der Waals surface area contributed by atoms with Gasteiger partial charge in [-0.05, 0) is 49.9 Å². The Bertz CT molecular complexity index is 596. The van der Waals surface area contributed by atoms with Gasteiger partial charge in [0.1, 0.15) is 5.75 Å². The van der Waals surface area contributed by atoms with Crippen LogP contribution >= 0.6 is 0 Å². The zero-order chi connectivity index (χ0) is 14.5. The molecule has 0 spiro atoms. The van der Waals surface area contributed by atoms with Crippen molar-refractivity contribution in [3.8, 4) is 11.6 Å². The number of ether oxygens (including phenoxy) is 1. The summed E-state index contributed by atoms with van der Waals surface area (Å²) in [6, 6.07) is 10.7. The van der Waals surface area contributed by atoms with Crippen molar-refractivity contribution in [2.45, 2.75) is 13.0 Å². The number of amides is 1. The van der Waals surface area contributed by atoms with Crippen molar-refractivity contribution < 1.29 is 9.53 Å². The molecule has 2 aromatic rings. The molecule has 1 unspecified atom stereocenters. The smallest absolute Gasteiger partial charge is 0.248 e. The number of carbonyl (C=O) groups excluding carboxylic acids is 1. The van der Waals surface area contributed by atoms with Crippen LogP contribution in [-0.4, -0.2) is 17.9 Å². The van der Waals surface area contributed by atoms with Gasteiger partial charge in [0.15, 0.2) is 0 Å². The minimum Gasteiger partial charge on any atom is -0.439 e. The second-order valence-corrected chi connectivity index (χ2v) is 4.43. The van der Waals surface area contributed by atoms with Gasteiger partial charge < -0.3 is 15.8 Å². The number of nitrogens with two attached hydrogens (primary N) is 1. The van der Waals surface area contributed by atoms with E-state index in [-0.39, 0.29) is 6.04 Å². The molecule has 2 rings (SSSR count). The summed E-state index contributed by atoms with van der Waals surface area (Å²) in [6.07, 6.45) is 1.70. The molecule has 20 heavy (non-hydrogen) atoms. The molecule has 104 valence electrons. The quantitative estimate of drug-likeness (QED) is 0.874. The molecular weight excluding hydrogens is 254 g/mol. The van der Waals surface area contributed by atoms with E-state index < -0.39 is 5.91 Å². The fourth-order valence-corrected chi connectivity index (χ4v) is 1.72. The van der Waals surface area contributed by atoms with E-state index in [0.717, 1.165) is 5.56 Å². The number of hydrogen-bond donors (Lipinski definition) is 2. The van der Waals surface area contributed by atoms with Gasteiger partial charge in [-0.1, -0.05) is 0 Å². The number of nitrogens with zero attached hydrogens (tertiary/aromatic N) is 1. The van der Waals surface area contributed by atoms with Crippen LogP contribution in [0.3, 0.4) is 0 Å². The van der Waals surface area contributed by atoms with E-state index in [1.54, 1.807) is 30.5 Å². The van der Waals surface area contributed by atoms with E-state index in [9.17, 15) is 4.79 Å². The Morgan fingerprint density at radius 3 is 2.60 bits per heavy atom. The van der Waals surface area contributed by atoms with Crippen molar-refractivity contribution in [1.82, 2.24) is 10.3 Å². The molecule has 0 saturated carbocycles. The zero-order valence-electron chi connectivity index (χ0n) is 11.5. The summed E-state index contributed by atoms with van der Waals surface area (Å²) in [5, 5.41) is 3.16. The van der Waals surface area contributed by atoms with Crippen LogP contribution in [0.5, 0.6) is 11.6 Å². The molecule has 0 fully saturated rings. The van der Waals surface area contributed by atoms with Gasteiger partial charge in [0, 0.05) is 23.9 Å². The summed E-state index contributed by atoms with van der Waals surface area (Å²) < 4.78 is 5.66.